The molecule has 0 aliphatic carbocycles. The van der Waals surface area contributed by atoms with E-state index in [4.69, 9.17) is 0 Å². The minimum absolute atomic E-state index is 0.0521. The number of rotatable bonds is 4. The number of aryl methyl sites for hydroxylation is 1. The van der Waals surface area contributed by atoms with E-state index in [0.29, 0.717) is 11.5 Å². The summed E-state index contributed by atoms with van der Waals surface area (Å²) in [7, 11) is 1.78. The zero-order chi connectivity index (χ0) is 14.5. The number of carbonyl (C=O) groups excluding carboxylic acids is 1. The summed E-state index contributed by atoms with van der Waals surface area (Å²) in [5.41, 5.74) is 2.69. The molecule has 1 unspecified atom stereocenters. The number of hydrogen-bond donors (Lipinski definition) is 2. The van der Waals surface area contributed by atoms with E-state index in [-0.39, 0.29) is 11.9 Å². The van der Waals surface area contributed by atoms with Crippen molar-refractivity contribution in [3.63, 3.8) is 0 Å². The summed E-state index contributed by atoms with van der Waals surface area (Å²) in [6.45, 7) is 4.01. The van der Waals surface area contributed by atoms with E-state index in [1.165, 1.54) is 0 Å². The molecule has 2 N–H and O–H groups in total. The molecule has 1 aromatic heterocycles. The molecule has 0 aliphatic heterocycles. The number of pyridine rings is 1. The molecule has 0 saturated heterocycles. The third kappa shape index (κ3) is 3.15. The van der Waals surface area contributed by atoms with Crippen LogP contribution in [0.25, 0.3) is 0 Å². The fourth-order valence-corrected chi connectivity index (χ4v) is 2.12. The number of nitrogens with one attached hydrogen (secondary N) is 2. The Morgan fingerprint density at radius 3 is 2.60 bits per heavy atom. The minimum Gasteiger partial charge on any atom is -0.373 e. The average Bonchev–Trinajstić information content (AvgIpc) is 2.47. The molecule has 1 amide bonds. The third-order valence-corrected chi connectivity index (χ3v) is 3.24. The van der Waals surface area contributed by atoms with Crippen LogP contribution in [-0.4, -0.2) is 17.9 Å². The van der Waals surface area contributed by atoms with Crippen LogP contribution in [0.4, 0.5) is 5.82 Å². The molecule has 4 nitrogen and oxygen atoms in total. The van der Waals surface area contributed by atoms with Gasteiger partial charge in [0.15, 0.2) is 0 Å². The molecule has 0 saturated carbocycles. The van der Waals surface area contributed by atoms with Crippen LogP contribution < -0.4 is 10.6 Å². The van der Waals surface area contributed by atoms with Crippen molar-refractivity contribution >= 4 is 11.7 Å². The Morgan fingerprint density at radius 1 is 1.15 bits per heavy atom. The Labute approximate surface area is 119 Å². The Morgan fingerprint density at radius 2 is 1.90 bits per heavy atom. The molecule has 20 heavy (non-hydrogen) atoms. The molecule has 0 radical (unpaired) electrons. The quantitative estimate of drug-likeness (QED) is 0.897. The Balaban J connectivity index is 2.13. The van der Waals surface area contributed by atoms with Gasteiger partial charge in [0, 0.05) is 7.05 Å². The van der Waals surface area contributed by atoms with Gasteiger partial charge >= 0.3 is 0 Å². The van der Waals surface area contributed by atoms with Crippen molar-refractivity contribution in [2.45, 2.75) is 19.9 Å². The van der Waals surface area contributed by atoms with Crippen LogP contribution in [0.2, 0.25) is 0 Å². The second-order valence-corrected chi connectivity index (χ2v) is 4.71. The van der Waals surface area contributed by atoms with Crippen molar-refractivity contribution in [3.05, 3.63) is 59.3 Å². The number of anilines is 1. The van der Waals surface area contributed by atoms with E-state index < -0.39 is 0 Å². The molecule has 0 fully saturated rings. The van der Waals surface area contributed by atoms with Crippen LogP contribution in [-0.2, 0) is 0 Å². The number of amides is 1. The van der Waals surface area contributed by atoms with Gasteiger partial charge in [-0.2, -0.15) is 0 Å². The Bertz CT molecular complexity index is 610. The van der Waals surface area contributed by atoms with Gasteiger partial charge in [0.2, 0.25) is 0 Å². The maximum Gasteiger partial charge on any atom is 0.270 e. The van der Waals surface area contributed by atoms with Crippen molar-refractivity contribution in [1.82, 2.24) is 10.3 Å². The molecule has 0 spiro atoms. The molecule has 4 heteroatoms. The standard InChI is InChI=1S/C16H19N3O/c1-11-7-4-5-8-13(11)12(2)18-16(20)14-9-6-10-15(17-3)19-14/h4-10,12H,1-3H3,(H,17,19)(H,18,20). The van der Waals surface area contributed by atoms with Crippen LogP contribution in [0.15, 0.2) is 42.5 Å². The van der Waals surface area contributed by atoms with Crippen molar-refractivity contribution in [1.29, 1.82) is 0 Å². The van der Waals surface area contributed by atoms with E-state index in [2.05, 4.69) is 15.6 Å². The zero-order valence-corrected chi connectivity index (χ0v) is 12.0. The van der Waals surface area contributed by atoms with Gasteiger partial charge in [-0.1, -0.05) is 30.3 Å². The van der Waals surface area contributed by atoms with E-state index in [9.17, 15) is 4.79 Å². The largest absolute Gasteiger partial charge is 0.373 e. The SMILES string of the molecule is CNc1cccc(C(=O)NC(C)c2ccccc2C)n1. The first kappa shape index (κ1) is 14.1. The van der Waals surface area contributed by atoms with Crippen molar-refractivity contribution in [2.75, 3.05) is 12.4 Å². The predicted octanol–water partition coefficient (Wildman–Crippen LogP) is 2.92. The molecule has 2 rings (SSSR count). The normalized spacial score (nSPS) is 11.8. The topological polar surface area (TPSA) is 54.0 Å². The number of hydrogen-bond acceptors (Lipinski definition) is 3. The summed E-state index contributed by atoms with van der Waals surface area (Å²) in [6.07, 6.45) is 0. The van der Waals surface area contributed by atoms with Crippen LogP contribution in [0.5, 0.6) is 0 Å². The lowest BCUT2D eigenvalue weighted by molar-refractivity contribution is 0.0935. The molecular weight excluding hydrogens is 250 g/mol. The fraction of sp³-hybridized carbons (Fsp3) is 0.250. The average molecular weight is 269 g/mol. The molecule has 1 heterocycles. The zero-order valence-electron chi connectivity index (χ0n) is 12.0. The highest BCUT2D eigenvalue weighted by Gasteiger charge is 2.13. The van der Waals surface area contributed by atoms with Crippen molar-refractivity contribution in [3.8, 4) is 0 Å². The first-order valence-corrected chi connectivity index (χ1v) is 6.63. The number of carbonyl (C=O) groups is 1. The highest BCUT2D eigenvalue weighted by molar-refractivity contribution is 5.92. The number of benzene rings is 1. The highest BCUT2D eigenvalue weighted by Crippen LogP contribution is 2.17. The van der Waals surface area contributed by atoms with Crippen LogP contribution in [0.3, 0.4) is 0 Å². The van der Waals surface area contributed by atoms with Crippen LogP contribution in [0.1, 0.15) is 34.6 Å². The molecule has 2 aromatic rings. The monoisotopic (exact) mass is 269 g/mol. The molecule has 0 aliphatic rings. The van der Waals surface area contributed by atoms with Gasteiger partial charge in [-0.15, -0.1) is 0 Å². The van der Waals surface area contributed by atoms with E-state index >= 15 is 0 Å². The van der Waals surface area contributed by atoms with E-state index in [0.717, 1.165) is 11.1 Å². The predicted molar refractivity (Wildman–Crippen MR) is 80.8 cm³/mol. The second-order valence-electron chi connectivity index (χ2n) is 4.71. The summed E-state index contributed by atoms with van der Waals surface area (Å²) >= 11 is 0. The van der Waals surface area contributed by atoms with Crippen molar-refractivity contribution in [2.24, 2.45) is 0 Å². The molecular formula is C16H19N3O. The molecule has 0 bridgehead atoms. The van der Waals surface area contributed by atoms with Crippen LogP contribution >= 0.6 is 0 Å². The lowest BCUT2D eigenvalue weighted by atomic mass is 10.0. The second kappa shape index (κ2) is 6.19. The van der Waals surface area contributed by atoms with Gasteiger partial charge in [-0.05, 0) is 37.1 Å². The maximum absolute atomic E-state index is 12.2. The summed E-state index contributed by atoms with van der Waals surface area (Å²) in [4.78, 5) is 16.4. The smallest absolute Gasteiger partial charge is 0.270 e. The Hall–Kier alpha value is -2.36. The number of nitrogens with zero attached hydrogens (tertiary/aromatic N) is 1. The maximum atomic E-state index is 12.2. The summed E-state index contributed by atoms with van der Waals surface area (Å²) in [6, 6.07) is 13.3. The fourth-order valence-electron chi connectivity index (χ4n) is 2.12. The molecule has 104 valence electrons. The van der Waals surface area contributed by atoms with Gasteiger partial charge < -0.3 is 10.6 Å². The number of aromatic nitrogens is 1. The summed E-state index contributed by atoms with van der Waals surface area (Å²) < 4.78 is 0. The first-order valence-electron chi connectivity index (χ1n) is 6.63. The first-order chi connectivity index (χ1) is 9.61. The third-order valence-electron chi connectivity index (χ3n) is 3.24. The molecule has 1 atom stereocenters. The van der Waals surface area contributed by atoms with E-state index in [1.54, 1.807) is 13.1 Å². The Kier molecular flexibility index (Phi) is 4.35. The molecule has 1 aromatic carbocycles. The summed E-state index contributed by atoms with van der Waals surface area (Å²) in [5.74, 6) is 0.513. The highest BCUT2D eigenvalue weighted by atomic mass is 16.1. The summed E-state index contributed by atoms with van der Waals surface area (Å²) in [5, 5.41) is 5.90. The van der Waals surface area contributed by atoms with Gasteiger partial charge in [0.25, 0.3) is 5.91 Å². The van der Waals surface area contributed by atoms with Crippen LogP contribution in [0, 0.1) is 6.92 Å². The van der Waals surface area contributed by atoms with Gasteiger partial charge in [-0.25, -0.2) is 4.98 Å². The van der Waals surface area contributed by atoms with Gasteiger partial charge in [-0.3, -0.25) is 4.79 Å². The van der Waals surface area contributed by atoms with Gasteiger partial charge in [0.05, 0.1) is 6.04 Å². The van der Waals surface area contributed by atoms with Crippen molar-refractivity contribution < 1.29 is 4.79 Å². The van der Waals surface area contributed by atoms with E-state index in [1.807, 2.05) is 50.2 Å². The lowest BCUT2D eigenvalue weighted by Gasteiger charge is -2.16. The van der Waals surface area contributed by atoms with Gasteiger partial charge in [0.1, 0.15) is 11.5 Å². The minimum atomic E-state index is -0.169. The lowest BCUT2D eigenvalue weighted by Crippen LogP contribution is -2.28.